The fourth-order valence-electron chi connectivity index (χ4n) is 17.3. The van der Waals surface area contributed by atoms with E-state index in [1.807, 2.05) is 97.2 Å². The monoisotopic (exact) mass is 1830 g/mol. The Bertz CT molecular complexity index is 6150. The largest absolute Gasteiger partial charge is 0.378 e. The van der Waals surface area contributed by atoms with Gasteiger partial charge in [-0.15, -0.1) is 0 Å². The highest BCUT2D eigenvalue weighted by molar-refractivity contribution is 6.40. The summed E-state index contributed by atoms with van der Waals surface area (Å²) in [5, 5.41) is 22.3. The molecule has 4 aromatic heterocycles. The molecule has 12 aromatic rings. The molecule has 0 radical (unpaired) electrons. The van der Waals surface area contributed by atoms with E-state index in [2.05, 4.69) is 98.9 Å². The van der Waals surface area contributed by atoms with Gasteiger partial charge in [-0.1, -0.05) is 126 Å². The number of nitrogens with zero attached hydrogens (tertiary/aromatic N) is 15. The maximum atomic E-state index is 13.4. The minimum atomic E-state index is -0.0901. The SMILES string of the molecule is Cc1cc(C#N)cc2c1nc(Cc1c(Cl)ccc(C(=O)N3CCC(CC(C)(C)C)CC3)c1Cl)n2C.Cc1cc(C#N)cc2c1nc(Cc1c(Cl)ccc(C(=O)N3CCN(C)CC3)c1Cl)n2C.Cc1cc(C)c2c(c1)nc(Cc1c(Cl)ccc(C(=O)N3CCOCC3)c1Cl)n2C.Cc1cc(C)c2nc(Cc3c(Cl)ccc(C(=O)N4CCCCC4)c3Cl)n(C)c2c1. The number of hydrogen-bond acceptors (Lipinski definition) is 12. The summed E-state index contributed by atoms with van der Waals surface area (Å²) in [6, 6.07) is 34.1. The van der Waals surface area contributed by atoms with Gasteiger partial charge >= 0.3 is 0 Å². The van der Waals surface area contributed by atoms with Gasteiger partial charge in [0.2, 0.25) is 0 Å². The Morgan fingerprint density at radius 2 is 0.742 bits per heavy atom. The quantitative estimate of drug-likeness (QED) is 0.105. The Morgan fingerprint density at radius 3 is 1.13 bits per heavy atom. The van der Waals surface area contributed by atoms with Crippen LogP contribution in [0.1, 0.15) is 191 Å². The molecule has 4 saturated heterocycles. The van der Waals surface area contributed by atoms with Gasteiger partial charge in [-0.2, -0.15) is 10.5 Å². The predicted molar refractivity (Wildman–Crippen MR) is 500 cm³/mol. The highest BCUT2D eigenvalue weighted by Crippen LogP contribution is 2.40. The maximum absolute atomic E-state index is 13.4. The molecule has 4 fully saturated rings. The molecule has 8 aromatic carbocycles. The second-order valence-electron chi connectivity index (χ2n) is 34.4. The number of imidazole rings is 4. The van der Waals surface area contributed by atoms with Crippen molar-refractivity contribution in [1.82, 2.24) is 62.7 Å². The number of benzene rings is 8. The van der Waals surface area contributed by atoms with E-state index in [0.29, 0.717) is 161 Å². The number of halogens is 8. The van der Waals surface area contributed by atoms with Crippen molar-refractivity contribution in [3.63, 3.8) is 0 Å². The van der Waals surface area contributed by atoms with Crippen molar-refractivity contribution >= 4 is 161 Å². The summed E-state index contributed by atoms with van der Waals surface area (Å²) in [5.41, 5.74) is 20.4. The summed E-state index contributed by atoms with van der Waals surface area (Å²) in [4.78, 5) is 81.3. The first-order valence-electron chi connectivity index (χ1n) is 41.9. The average molecular weight is 1830 g/mol. The number of aromatic nitrogens is 8. The molecule has 4 aliphatic rings. The van der Waals surface area contributed by atoms with Crippen LogP contribution in [0.4, 0.5) is 0 Å². The lowest BCUT2D eigenvalue weighted by Gasteiger charge is -2.35. The van der Waals surface area contributed by atoms with E-state index in [0.717, 1.165) is 160 Å². The number of amides is 4. The number of piperidine rings is 2. The molecule has 0 bridgehead atoms. The molecule has 0 unspecified atom stereocenters. The third-order valence-electron chi connectivity index (χ3n) is 24.1. The number of carbonyl (C=O) groups excluding carboxylic acids is 4. The Morgan fingerprint density at radius 1 is 0.403 bits per heavy atom. The Labute approximate surface area is 765 Å². The number of ether oxygens (including phenoxy) is 1. The lowest BCUT2D eigenvalue weighted by Crippen LogP contribution is -2.47. The third kappa shape index (κ3) is 20.2. The second-order valence-corrected chi connectivity index (χ2v) is 37.5. The molecule has 4 aliphatic heterocycles. The van der Waals surface area contributed by atoms with E-state index in [-0.39, 0.29) is 23.6 Å². The highest BCUT2D eigenvalue weighted by Gasteiger charge is 2.32. The first kappa shape index (κ1) is 92.4. The van der Waals surface area contributed by atoms with Crippen LogP contribution in [0.5, 0.6) is 0 Å². The van der Waals surface area contributed by atoms with Gasteiger partial charge in [-0.25, -0.2) is 19.9 Å². The van der Waals surface area contributed by atoms with Crippen LogP contribution >= 0.6 is 92.8 Å². The van der Waals surface area contributed by atoms with Crippen LogP contribution in [0.2, 0.25) is 40.2 Å². The summed E-state index contributed by atoms with van der Waals surface area (Å²) in [7, 11) is 9.88. The number of hydrogen-bond donors (Lipinski definition) is 0. The van der Waals surface area contributed by atoms with Crippen molar-refractivity contribution in [1.29, 1.82) is 10.5 Å². The van der Waals surface area contributed by atoms with Crippen LogP contribution in [0.3, 0.4) is 0 Å². The average Bonchev–Trinajstić information content (AvgIpc) is 1.64. The number of likely N-dealkylation sites (tertiary alicyclic amines) is 2. The van der Waals surface area contributed by atoms with Crippen molar-refractivity contribution in [2.75, 3.05) is 85.7 Å². The topological polar surface area (TPSA) is 213 Å². The van der Waals surface area contributed by atoms with Crippen LogP contribution in [0, 0.1) is 75.5 Å². The van der Waals surface area contributed by atoms with Gasteiger partial charge in [-0.05, 0) is 239 Å². The summed E-state index contributed by atoms with van der Waals surface area (Å²) < 4.78 is 13.4. The van der Waals surface area contributed by atoms with Crippen molar-refractivity contribution in [3.05, 3.63) is 250 Å². The third-order valence-corrected chi connectivity index (χ3v) is 27.3. The molecule has 28 heteroatoms. The molecule has 0 N–H and O–H groups in total. The number of likely N-dealkylation sites (N-methyl/N-ethyl adjacent to an activating group) is 1. The van der Waals surface area contributed by atoms with E-state index in [1.54, 1.807) is 53.4 Å². The zero-order valence-corrected chi connectivity index (χ0v) is 78.7. The van der Waals surface area contributed by atoms with E-state index in [1.165, 1.54) is 29.5 Å². The number of rotatable bonds is 13. The molecule has 0 atom stereocenters. The molecular formula is C96H103Cl8N15O5. The second kappa shape index (κ2) is 39.3. The number of morpholine rings is 1. The van der Waals surface area contributed by atoms with Gasteiger partial charge in [-0.3, -0.25) is 19.2 Å². The number of aryl methyl sites for hydroxylation is 10. The first-order valence-corrected chi connectivity index (χ1v) is 44.9. The lowest BCUT2D eigenvalue weighted by molar-refractivity contribution is 0.0303. The fraction of sp³-hybridized carbons (Fsp3) is 0.396. The van der Waals surface area contributed by atoms with E-state index in [4.69, 9.17) is 117 Å². The van der Waals surface area contributed by atoms with Crippen LogP contribution in [0.25, 0.3) is 44.1 Å². The number of fused-ring (bicyclic) bond motifs is 4. The van der Waals surface area contributed by atoms with Gasteiger partial charge < -0.3 is 47.5 Å². The van der Waals surface area contributed by atoms with Gasteiger partial charge in [0.25, 0.3) is 23.6 Å². The zero-order valence-electron chi connectivity index (χ0n) is 72.6. The summed E-state index contributed by atoms with van der Waals surface area (Å²) in [6.07, 6.45) is 8.17. The Kier molecular flexibility index (Phi) is 29.3. The number of carbonyl (C=O) groups is 4. The van der Waals surface area contributed by atoms with Crippen LogP contribution < -0.4 is 0 Å². The molecule has 124 heavy (non-hydrogen) atoms. The van der Waals surface area contributed by atoms with E-state index < -0.39 is 0 Å². The molecule has 0 aliphatic carbocycles. The summed E-state index contributed by atoms with van der Waals surface area (Å²) in [6.45, 7) is 27.3. The lowest BCUT2D eigenvalue weighted by atomic mass is 9.80. The van der Waals surface area contributed by atoms with Crippen LogP contribution in [-0.4, -0.2) is 172 Å². The minimum Gasteiger partial charge on any atom is -0.378 e. The van der Waals surface area contributed by atoms with Gasteiger partial charge in [0, 0.05) is 139 Å². The standard InChI is InChI=1S/C28H32Cl2N4O.C23H23Cl2N5O.C23H25Cl2N3O.C22H23Cl2N3O2/c1-17-12-19(16-31)13-23-26(17)32-24(33(23)5)14-21-22(29)7-6-20(25(21)30)27(35)34-10-8-18(9-11-34)15-28(2,3)4;1-14-10-15(13-26)11-19-22(14)27-20(29(19)3)12-17-18(24)5-4-16(21(17)25)23(31)30-8-6-28(2)7-9-30;1-14-11-15(2)22-19(12-14)27(3)20(26-22)13-17-18(24)8-7-16(21(17)25)23(29)28-9-5-4-6-10-28;1-13-10-14(2)21-18(11-13)25-19(26(21)3)12-16-17(23)5-4-15(20(16)24)22(28)27-6-8-29-9-7-27/h6-7,12-13,18H,8-11,14-15H2,1-5H3;4-5,10-11H,6-9,12H2,1-3H3;7-8,11-12H,4-6,9-10,13H2,1-3H3;4-5,10-11H,6-9,12H2,1-3H3. The Hall–Kier alpha value is -9.26. The van der Waals surface area contributed by atoms with E-state index in [9.17, 15) is 29.7 Å². The smallest absolute Gasteiger partial charge is 0.255 e. The summed E-state index contributed by atoms with van der Waals surface area (Å²) >= 11 is 53.0. The Balaban J connectivity index is 0.000000142. The molecule has 20 nitrogen and oxygen atoms in total. The van der Waals surface area contributed by atoms with Crippen molar-refractivity contribution in [2.45, 2.75) is 127 Å². The van der Waals surface area contributed by atoms with Crippen molar-refractivity contribution in [3.8, 4) is 12.1 Å². The van der Waals surface area contributed by atoms with Gasteiger partial charge in [0.15, 0.2) is 0 Å². The normalized spacial score (nSPS) is 14.7. The first-order chi connectivity index (χ1) is 59.0. The molecule has 648 valence electrons. The fourth-order valence-corrected chi connectivity index (χ4v) is 19.7. The highest BCUT2D eigenvalue weighted by atomic mass is 35.5. The summed E-state index contributed by atoms with van der Waals surface area (Å²) in [5.74, 6) is 3.70. The molecule has 0 saturated carbocycles. The minimum absolute atomic E-state index is 0.0101. The van der Waals surface area contributed by atoms with Gasteiger partial charge in [0.05, 0.1) is 123 Å². The van der Waals surface area contributed by atoms with Crippen molar-refractivity contribution < 1.29 is 23.9 Å². The number of nitriles is 2. The van der Waals surface area contributed by atoms with Crippen LogP contribution in [0.15, 0.2) is 97.1 Å². The van der Waals surface area contributed by atoms with Crippen LogP contribution in [-0.2, 0) is 58.6 Å². The molecular weight excluding hydrogens is 1730 g/mol. The maximum Gasteiger partial charge on any atom is 0.255 e. The van der Waals surface area contributed by atoms with E-state index >= 15 is 0 Å². The predicted octanol–water partition coefficient (Wildman–Crippen LogP) is 21.3. The van der Waals surface area contributed by atoms with Gasteiger partial charge in [0.1, 0.15) is 23.3 Å². The zero-order chi connectivity index (χ0) is 89.2. The number of piperazine rings is 1. The molecule has 0 spiro atoms. The van der Waals surface area contributed by atoms with Crippen molar-refractivity contribution in [2.24, 2.45) is 39.5 Å². The molecule has 4 amide bonds. The molecule has 8 heterocycles. The molecule has 16 rings (SSSR count).